The smallest absolute Gasteiger partial charge is 0.379 e. The normalized spacial score (nSPS) is 18.8. The van der Waals surface area contributed by atoms with Crippen LogP contribution in [-0.4, -0.2) is 93.3 Å². The fraction of sp³-hybridized carbons (Fsp3) is 1.00. The second-order valence-electron chi connectivity index (χ2n) is 6.44. The summed E-state index contributed by atoms with van der Waals surface area (Å²) < 4.78 is 173. The summed E-state index contributed by atoms with van der Waals surface area (Å²) in [6, 6.07) is 0. The molecule has 17 heteroatoms. The van der Waals surface area contributed by atoms with Crippen molar-refractivity contribution >= 4 is 10.0 Å². The molecule has 0 unspecified atom stereocenters. The summed E-state index contributed by atoms with van der Waals surface area (Å²) in [7, 11) is -6.38. The van der Waals surface area contributed by atoms with Gasteiger partial charge in [-0.1, -0.05) is 0 Å². The fourth-order valence-electron chi connectivity index (χ4n) is 2.36. The third-order valence-electron chi connectivity index (χ3n) is 4.21. The van der Waals surface area contributed by atoms with Crippen LogP contribution in [0.2, 0.25) is 0 Å². The zero-order valence-electron chi connectivity index (χ0n) is 15.1. The number of halogens is 11. The van der Waals surface area contributed by atoms with Gasteiger partial charge in [0.15, 0.2) is 0 Å². The third-order valence-corrected chi connectivity index (χ3v) is 6.12. The predicted octanol–water partition coefficient (Wildman–Crippen LogP) is 3.03. The molecule has 0 saturated carbocycles. The van der Waals surface area contributed by atoms with E-state index in [1.807, 2.05) is 0 Å². The maximum atomic E-state index is 13.9. The molecule has 0 atom stereocenters. The third kappa shape index (κ3) is 5.09. The Kier molecular flexibility index (Phi) is 7.71. The Morgan fingerprint density at radius 1 is 0.867 bits per heavy atom. The Balaban J connectivity index is 3.14. The van der Waals surface area contributed by atoms with E-state index in [-0.39, 0.29) is 32.8 Å². The highest BCUT2D eigenvalue weighted by atomic mass is 32.2. The molecule has 5 nitrogen and oxygen atoms in total. The highest BCUT2D eigenvalue weighted by Gasteiger charge is 2.85. The molecule has 0 bridgehead atoms. The lowest BCUT2D eigenvalue weighted by atomic mass is 10.0. The monoisotopic (exact) mass is 490 g/mol. The molecule has 1 aliphatic rings. The number of hydrogen-bond donors (Lipinski definition) is 0. The molecule has 1 rings (SSSR count). The number of morpholine rings is 1. The van der Waals surface area contributed by atoms with Gasteiger partial charge in [0.1, 0.15) is 6.42 Å². The van der Waals surface area contributed by atoms with Crippen molar-refractivity contribution in [1.82, 2.24) is 9.21 Å². The molecule has 1 aliphatic heterocycles. The van der Waals surface area contributed by atoms with Gasteiger partial charge in [0, 0.05) is 33.2 Å². The minimum atomic E-state index is -7.37. The van der Waals surface area contributed by atoms with Gasteiger partial charge in [-0.15, -0.1) is 0 Å². The van der Waals surface area contributed by atoms with Crippen LogP contribution in [0.25, 0.3) is 0 Å². The van der Waals surface area contributed by atoms with Crippen molar-refractivity contribution in [3.8, 4) is 0 Å². The number of sulfonamides is 1. The quantitative estimate of drug-likeness (QED) is 0.467. The van der Waals surface area contributed by atoms with Crippen molar-refractivity contribution in [1.29, 1.82) is 0 Å². The van der Waals surface area contributed by atoms with Gasteiger partial charge in [-0.25, -0.2) is 8.42 Å². The summed E-state index contributed by atoms with van der Waals surface area (Å²) in [6.45, 7) is -0.444. The number of ether oxygens (including phenoxy) is 1. The maximum absolute atomic E-state index is 13.9. The van der Waals surface area contributed by atoms with Gasteiger partial charge in [0.25, 0.3) is 10.0 Å². The van der Waals surface area contributed by atoms with E-state index in [0.717, 1.165) is 0 Å². The van der Waals surface area contributed by atoms with Gasteiger partial charge in [0.05, 0.1) is 13.2 Å². The SMILES string of the molecule is CN(CCN1CCOCC1)S(=O)(=O)C(F)(F)C(F)(F)C(F)(F)C(F)(F)CC(F)(F)F. The van der Waals surface area contributed by atoms with Gasteiger partial charge in [0.2, 0.25) is 0 Å². The number of hydrogen-bond acceptors (Lipinski definition) is 4. The average molecular weight is 490 g/mol. The number of rotatable bonds is 9. The second kappa shape index (κ2) is 8.54. The summed E-state index contributed by atoms with van der Waals surface area (Å²) in [5.74, 6) is -21.4. The summed E-state index contributed by atoms with van der Waals surface area (Å²) >= 11 is 0. The first-order valence-corrected chi connectivity index (χ1v) is 9.49. The molecule has 30 heavy (non-hydrogen) atoms. The van der Waals surface area contributed by atoms with Crippen molar-refractivity contribution < 1.29 is 61.4 Å². The van der Waals surface area contributed by atoms with Crippen LogP contribution in [0.1, 0.15) is 6.42 Å². The molecule has 0 aromatic heterocycles. The van der Waals surface area contributed by atoms with Gasteiger partial charge >= 0.3 is 29.2 Å². The van der Waals surface area contributed by atoms with Gasteiger partial charge in [-0.3, -0.25) is 4.90 Å². The molecule has 0 N–H and O–H groups in total. The lowest BCUT2D eigenvalue weighted by molar-refractivity contribution is -0.362. The fourth-order valence-corrected chi connectivity index (χ4v) is 3.53. The van der Waals surface area contributed by atoms with Crippen molar-refractivity contribution in [2.24, 2.45) is 0 Å². The first-order chi connectivity index (χ1) is 13.2. The Hall–Kier alpha value is -0.940. The summed E-state index contributed by atoms with van der Waals surface area (Å²) in [4.78, 5) is 1.46. The van der Waals surface area contributed by atoms with Crippen LogP contribution < -0.4 is 0 Å². The molecular formula is C13H17F11N2O3S. The van der Waals surface area contributed by atoms with Crippen LogP contribution in [0.15, 0.2) is 0 Å². The maximum Gasteiger partial charge on any atom is 0.427 e. The van der Waals surface area contributed by atoms with Crippen molar-refractivity contribution in [2.45, 2.75) is 35.6 Å². The first kappa shape index (κ1) is 27.1. The van der Waals surface area contributed by atoms with Crippen LogP contribution in [0.4, 0.5) is 48.3 Å². The Labute approximate surface area is 163 Å². The van der Waals surface area contributed by atoms with E-state index in [1.165, 1.54) is 4.90 Å². The molecule has 0 aromatic carbocycles. The molecule has 0 radical (unpaired) electrons. The molecule has 0 spiro atoms. The van der Waals surface area contributed by atoms with Crippen LogP contribution >= 0.6 is 0 Å². The predicted molar refractivity (Wildman–Crippen MR) is 79.3 cm³/mol. The highest BCUT2D eigenvalue weighted by Crippen LogP contribution is 2.56. The summed E-state index contributed by atoms with van der Waals surface area (Å²) in [6.07, 6.45) is -10.0. The minimum Gasteiger partial charge on any atom is -0.379 e. The van der Waals surface area contributed by atoms with Gasteiger partial charge < -0.3 is 4.74 Å². The molecule has 1 heterocycles. The molecular weight excluding hydrogens is 473 g/mol. The number of likely N-dealkylation sites (N-methyl/N-ethyl adjacent to an activating group) is 1. The number of alkyl halides is 11. The van der Waals surface area contributed by atoms with E-state index >= 15 is 0 Å². The van der Waals surface area contributed by atoms with E-state index in [2.05, 4.69) is 0 Å². The summed E-state index contributed by atoms with van der Waals surface area (Å²) in [5, 5.41) is -6.85. The lowest BCUT2D eigenvalue weighted by Gasteiger charge is -2.38. The summed E-state index contributed by atoms with van der Waals surface area (Å²) in [5.41, 5.74) is 0. The molecule has 0 aliphatic carbocycles. The zero-order valence-corrected chi connectivity index (χ0v) is 16.0. The second-order valence-corrected chi connectivity index (χ2v) is 8.53. The Bertz CT molecular complexity index is 691. The minimum absolute atomic E-state index is 0.186. The van der Waals surface area contributed by atoms with Crippen LogP contribution in [0, 0.1) is 0 Å². The van der Waals surface area contributed by atoms with Gasteiger partial charge in [-0.2, -0.15) is 52.6 Å². The van der Waals surface area contributed by atoms with Crippen LogP contribution in [0.5, 0.6) is 0 Å². The zero-order chi connectivity index (χ0) is 23.8. The topological polar surface area (TPSA) is 49.9 Å². The van der Waals surface area contributed by atoms with E-state index in [4.69, 9.17) is 4.74 Å². The molecule has 180 valence electrons. The van der Waals surface area contributed by atoms with Gasteiger partial charge in [-0.05, 0) is 0 Å². The first-order valence-electron chi connectivity index (χ1n) is 8.05. The Morgan fingerprint density at radius 2 is 1.33 bits per heavy atom. The standard InChI is InChI=1S/C13H17F11N2O3S/c1-25(2-3-26-4-6-29-7-5-26)30(27,28)13(23,24)12(21,22)11(19,20)9(14,15)8-10(16,17)18/h2-8H2,1H3. The van der Waals surface area contributed by atoms with Crippen LogP contribution in [0.3, 0.4) is 0 Å². The highest BCUT2D eigenvalue weighted by molar-refractivity contribution is 7.90. The molecule has 0 amide bonds. The van der Waals surface area contributed by atoms with E-state index in [1.54, 1.807) is 0 Å². The van der Waals surface area contributed by atoms with E-state index in [0.29, 0.717) is 7.05 Å². The number of nitrogens with zero attached hydrogens (tertiary/aromatic N) is 2. The Morgan fingerprint density at radius 3 is 1.77 bits per heavy atom. The van der Waals surface area contributed by atoms with Crippen LogP contribution in [-0.2, 0) is 14.8 Å². The average Bonchev–Trinajstić information content (AvgIpc) is 2.57. The van der Waals surface area contributed by atoms with E-state index < -0.39 is 56.5 Å². The van der Waals surface area contributed by atoms with Crippen molar-refractivity contribution in [3.63, 3.8) is 0 Å². The van der Waals surface area contributed by atoms with E-state index in [9.17, 15) is 56.7 Å². The molecule has 1 saturated heterocycles. The molecule has 0 aromatic rings. The van der Waals surface area contributed by atoms with Crippen molar-refractivity contribution in [2.75, 3.05) is 46.4 Å². The molecule has 1 fully saturated rings. The van der Waals surface area contributed by atoms with Crippen molar-refractivity contribution in [3.05, 3.63) is 0 Å². The largest absolute Gasteiger partial charge is 0.427 e. The lowest BCUT2D eigenvalue weighted by Crippen LogP contribution is -2.66.